The molecule has 0 bridgehead atoms. The highest BCUT2D eigenvalue weighted by atomic mass is 32.1. The lowest BCUT2D eigenvalue weighted by atomic mass is 9.91. The number of nitrogens with zero attached hydrogens (tertiary/aromatic N) is 3. The summed E-state index contributed by atoms with van der Waals surface area (Å²) < 4.78 is 4.94. The number of likely N-dealkylation sites (N-methyl/N-ethyl adjacent to an activating group) is 1. The number of methoxy groups -OCH3 is 1. The first kappa shape index (κ1) is 43.6. The summed E-state index contributed by atoms with van der Waals surface area (Å²) >= 11 is 1.20. The lowest BCUT2D eigenvalue weighted by Crippen LogP contribution is -2.58. The van der Waals surface area contributed by atoms with Crippen molar-refractivity contribution in [3.05, 3.63) is 87.9 Å². The van der Waals surface area contributed by atoms with Crippen LogP contribution < -0.4 is 10.6 Å². The SMILES string of the molecule is CC[C@H](C)[C@H](NC(=O)[C@H]1CCCCN1C)C(=O)N(Cc1ccccc1)[C@H](C[C@@H](O)c1nc(C(=O)N[C@@H](Cc2ccccc2)C[C@H](C)C(=O)OC)cs1)C(C)C. The molecule has 1 fully saturated rings. The molecule has 4 rings (SSSR count). The molecule has 0 radical (unpaired) electrons. The minimum atomic E-state index is -1.06. The molecule has 3 aromatic rings. The molecule has 300 valence electrons. The average molecular weight is 776 g/mol. The van der Waals surface area contributed by atoms with E-state index in [1.807, 2.05) is 100 Å². The van der Waals surface area contributed by atoms with Crippen LogP contribution in [0.1, 0.15) is 106 Å². The largest absolute Gasteiger partial charge is 0.469 e. The monoisotopic (exact) mass is 775 g/mol. The Balaban J connectivity index is 1.56. The average Bonchev–Trinajstić information content (AvgIpc) is 3.69. The van der Waals surface area contributed by atoms with Gasteiger partial charge in [0.1, 0.15) is 22.8 Å². The van der Waals surface area contributed by atoms with E-state index >= 15 is 0 Å². The zero-order chi connectivity index (χ0) is 40.1. The van der Waals surface area contributed by atoms with Gasteiger partial charge in [0.2, 0.25) is 11.8 Å². The number of likely N-dealkylation sites (tertiary alicyclic amines) is 1. The maximum absolute atomic E-state index is 14.8. The Morgan fingerprint density at radius 1 is 0.964 bits per heavy atom. The number of nitrogens with one attached hydrogen (secondary N) is 2. The second kappa shape index (κ2) is 21.2. The highest BCUT2D eigenvalue weighted by molar-refractivity contribution is 7.09. The molecule has 0 unspecified atom stereocenters. The van der Waals surface area contributed by atoms with Crippen LogP contribution in [0.3, 0.4) is 0 Å². The van der Waals surface area contributed by atoms with E-state index in [2.05, 4.69) is 20.5 Å². The molecule has 2 heterocycles. The summed E-state index contributed by atoms with van der Waals surface area (Å²) in [6.45, 7) is 11.0. The molecule has 1 aliphatic rings. The second-order valence-electron chi connectivity index (χ2n) is 15.5. The third-order valence-electron chi connectivity index (χ3n) is 10.9. The van der Waals surface area contributed by atoms with Crippen molar-refractivity contribution in [2.75, 3.05) is 20.7 Å². The molecule has 1 aliphatic heterocycles. The third-order valence-corrected chi connectivity index (χ3v) is 11.9. The quantitative estimate of drug-likeness (QED) is 0.123. The fourth-order valence-corrected chi connectivity index (χ4v) is 8.16. The van der Waals surface area contributed by atoms with Crippen LogP contribution in [-0.4, -0.2) is 88.5 Å². The number of hydrogen-bond donors (Lipinski definition) is 3. The first-order chi connectivity index (χ1) is 26.3. The Morgan fingerprint density at radius 3 is 2.22 bits per heavy atom. The van der Waals surface area contributed by atoms with E-state index < -0.39 is 30.0 Å². The van der Waals surface area contributed by atoms with Gasteiger partial charge in [-0.15, -0.1) is 11.3 Å². The molecule has 7 atom stereocenters. The molecule has 2 aromatic carbocycles. The molecule has 3 N–H and O–H groups in total. The fourth-order valence-electron chi connectivity index (χ4n) is 7.37. The van der Waals surface area contributed by atoms with Gasteiger partial charge < -0.3 is 25.4 Å². The second-order valence-corrected chi connectivity index (χ2v) is 16.4. The van der Waals surface area contributed by atoms with E-state index in [4.69, 9.17) is 4.74 Å². The Bertz CT molecular complexity index is 1670. The molecular weight excluding hydrogens is 715 g/mol. The van der Waals surface area contributed by atoms with Gasteiger partial charge in [-0.3, -0.25) is 24.1 Å². The van der Waals surface area contributed by atoms with Crippen molar-refractivity contribution in [2.45, 2.75) is 116 Å². The van der Waals surface area contributed by atoms with Gasteiger partial charge in [-0.25, -0.2) is 4.98 Å². The molecule has 0 spiro atoms. The fraction of sp³-hybridized carbons (Fsp3) is 0.558. The highest BCUT2D eigenvalue weighted by Gasteiger charge is 2.38. The topological polar surface area (TPSA) is 141 Å². The lowest BCUT2D eigenvalue weighted by Gasteiger charge is -2.40. The van der Waals surface area contributed by atoms with Crippen LogP contribution in [0.4, 0.5) is 0 Å². The smallest absolute Gasteiger partial charge is 0.308 e. The van der Waals surface area contributed by atoms with Gasteiger partial charge in [0.25, 0.3) is 5.91 Å². The Kier molecular flexibility index (Phi) is 16.8. The number of esters is 1. The van der Waals surface area contributed by atoms with Crippen molar-refractivity contribution in [2.24, 2.45) is 17.8 Å². The zero-order valence-electron chi connectivity index (χ0n) is 33.6. The number of piperidine rings is 1. The van der Waals surface area contributed by atoms with E-state index in [1.165, 1.54) is 18.4 Å². The van der Waals surface area contributed by atoms with Crippen LogP contribution in [0.25, 0.3) is 0 Å². The van der Waals surface area contributed by atoms with Crippen LogP contribution in [0, 0.1) is 17.8 Å². The number of amides is 3. The van der Waals surface area contributed by atoms with Gasteiger partial charge in [-0.2, -0.15) is 0 Å². The van der Waals surface area contributed by atoms with Crippen molar-refractivity contribution >= 4 is 35.0 Å². The lowest BCUT2D eigenvalue weighted by molar-refractivity contribution is -0.145. The van der Waals surface area contributed by atoms with Gasteiger partial charge in [-0.1, -0.05) is 108 Å². The number of ether oxygens (including phenoxy) is 1. The van der Waals surface area contributed by atoms with Crippen molar-refractivity contribution < 1.29 is 29.0 Å². The molecule has 12 heteroatoms. The summed E-state index contributed by atoms with van der Waals surface area (Å²) in [7, 11) is 3.31. The molecule has 0 aliphatic carbocycles. The molecular formula is C43H61N5O6S. The zero-order valence-corrected chi connectivity index (χ0v) is 34.4. The van der Waals surface area contributed by atoms with Crippen LogP contribution in [0.2, 0.25) is 0 Å². The maximum Gasteiger partial charge on any atom is 0.308 e. The normalized spacial score (nSPS) is 18.0. The number of rotatable bonds is 19. The predicted molar refractivity (Wildman–Crippen MR) is 216 cm³/mol. The standard InChI is InChI=1S/C43H61N5O6S/c1-8-29(4)38(46-40(51)35-21-15-16-22-47(35)6)42(52)48(26-32-19-13-10-14-20-32)36(28(2)3)25-37(49)41-45-34(27-55-41)39(50)44-33(23-30(5)43(53)54-7)24-31-17-11-9-12-18-31/h9-14,17-20,27-30,33,35-38,49H,8,15-16,21-26H2,1-7H3,(H,44,50)(H,46,51)/t29-,30-,33+,35+,36+,37+,38-/m0/s1. The number of benzene rings is 2. The number of aliphatic hydroxyl groups is 1. The van der Waals surface area contributed by atoms with Gasteiger partial charge in [0.05, 0.1) is 19.1 Å². The van der Waals surface area contributed by atoms with Crippen molar-refractivity contribution in [3.8, 4) is 0 Å². The molecule has 1 aromatic heterocycles. The van der Waals surface area contributed by atoms with Crippen LogP contribution in [-0.2, 0) is 32.1 Å². The molecule has 1 saturated heterocycles. The minimum Gasteiger partial charge on any atom is -0.469 e. The summed E-state index contributed by atoms with van der Waals surface area (Å²) in [6, 6.07) is 17.7. The van der Waals surface area contributed by atoms with Gasteiger partial charge in [0.15, 0.2) is 0 Å². The van der Waals surface area contributed by atoms with Crippen molar-refractivity contribution in [3.63, 3.8) is 0 Å². The minimum absolute atomic E-state index is 0.0571. The van der Waals surface area contributed by atoms with Crippen LogP contribution in [0.15, 0.2) is 66.0 Å². The molecule has 3 amide bonds. The van der Waals surface area contributed by atoms with Crippen molar-refractivity contribution in [1.82, 2.24) is 25.4 Å². The molecule has 11 nitrogen and oxygen atoms in total. The van der Waals surface area contributed by atoms with Crippen LogP contribution >= 0.6 is 11.3 Å². The van der Waals surface area contributed by atoms with E-state index in [1.54, 1.807) is 12.3 Å². The third kappa shape index (κ3) is 12.4. The van der Waals surface area contributed by atoms with Gasteiger partial charge in [-0.05, 0) is 62.2 Å². The number of carbonyl (C=O) groups excluding carboxylic acids is 4. The van der Waals surface area contributed by atoms with Gasteiger partial charge in [0, 0.05) is 30.4 Å². The van der Waals surface area contributed by atoms with E-state index in [-0.39, 0.29) is 53.8 Å². The number of aliphatic hydroxyl groups excluding tert-OH is 1. The number of carbonyl (C=O) groups is 4. The van der Waals surface area contributed by atoms with E-state index in [9.17, 15) is 24.3 Å². The first-order valence-electron chi connectivity index (χ1n) is 19.7. The molecule has 55 heavy (non-hydrogen) atoms. The van der Waals surface area contributed by atoms with Gasteiger partial charge >= 0.3 is 5.97 Å². The number of aromatic nitrogens is 1. The Labute approximate surface area is 331 Å². The Morgan fingerprint density at radius 2 is 1.62 bits per heavy atom. The number of thiazole rings is 1. The first-order valence-corrected chi connectivity index (χ1v) is 20.6. The molecule has 0 saturated carbocycles. The summed E-state index contributed by atoms with van der Waals surface area (Å²) in [5.41, 5.74) is 2.13. The van der Waals surface area contributed by atoms with Crippen molar-refractivity contribution in [1.29, 1.82) is 0 Å². The highest BCUT2D eigenvalue weighted by Crippen LogP contribution is 2.30. The Hall–Kier alpha value is -4.13. The summed E-state index contributed by atoms with van der Waals surface area (Å²) in [5, 5.41) is 19.9. The number of hydrogen-bond acceptors (Lipinski definition) is 9. The summed E-state index contributed by atoms with van der Waals surface area (Å²) in [5.74, 6) is -1.66. The van der Waals surface area contributed by atoms with Crippen LogP contribution in [0.5, 0.6) is 0 Å². The van der Waals surface area contributed by atoms with E-state index in [0.29, 0.717) is 30.8 Å². The van der Waals surface area contributed by atoms with E-state index in [0.717, 1.165) is 36.9 Å². The maximum atomic E-state index is 14.8. The predicted octanol–water partition coefficient (Wildman–Crippen LogP) is 6.18. The summed E-state index contributed by atoms with van der Waals surface area (Å²) in [6.07, 6.45) is 3.50. The summed E-state index contributed by atoms with van der Waals surface area (Å²) in [4.78, 5) is 62.8.